The number of ketones is 1. The molecule has 0 fully saturated rings. The molecule has 0 saturated heterocycles. The van der Waals surface area contributed by atoms with Crippen LogP contribution in [0.1, 0.15) is 51.2 Å². The van der Waals surface area contributed by atoms with Gasteiger partial charge in [0.1, 0.15) is 0 Å². The van der Waals surface area contributed by atoms with E-state index < -0.39 is 0 Å². The fraction of sp³-hybridized carbons (Fsp3) is 0.393. The molecule has 0 spiro atoms. The van der Waals surface area contributed by atoms with E-state index in [0.717, 1.165) is 42.7 Å². The lowest BCUT2D eigenvalue weighted by Gasteiger charge is -2.22. The summed E-state index contributed by atoms with van der Waals surface area (Å²) in [7, 11) is 1.99. The molecule has 1 aliphatic rings. The number of carbonyl (C=O) groups is 1. The number of benzene rings is 2. The van der Waals surface area contributed by atoms with Gasteiger partial charge >= 0.3 is 0 Å². The molecule has 0 saturated carbocycles. The Morgan fingerprint density at radius 3 is 2.55 bits per heavy atom. The van der Waals surface area contributed by atoms with Crippen LogP contribution in [0.2, 0.25) is 5.02 Å². The summed E-state index contributed by atoms with van der Waals surface area (Å²) in [5.74, 6) is 0.678. The van der Waals surface area contributed by atoms with Gasteiger partial charge in [0.25, 0.3) is 0 Å². The number of aryl methyl sites for hydroxylation is 2. The Hall–Kier alpha value is -2.32. The van der Waals surface area contributed by atoms with Crippen molar-refractivity contribution in [3.05, 3.63) is 82.7 Å². The predicted molar refractivity (Wildman–Crippen MR) is 132 cm³/mol. The van der Waals surface area contributed by atoms with E-state index in [1.165, 1.54) is 22.3 Å². The van der Waals surface area contributed by atoms with Crippen molar-refractivity contribution in [3.8, 4) is 11.1 Å². The summed E-state index contributed by atoms with van der Waals surface area (Å²) in [6.07, 6.45) is 10.7. The highest BCUT2D eigenvalue weighted by Gasteiger charge is 2.25. The summed E-state index contributed by atoms with van der Waals surface area (Å²) in [4.78, 5) is 15.3. The molecule has 1 heterocycles. The third-order valence-corrected chi connectivity index (χ3v) is 6.44. The first kappa shape index (κ1) is 23.3. The minimum absolute atomic E-state index is 0.0441. The van der Waals surface area contributed by atoms with E-state index in [1.807, 2.05) is 36.5 Å². The van der Waals surface area contributed by atoms with Crippen molar-refractivity contribution in [3.63, 3.8) is 0 Å². The van der Waals surface area contributed by atoms with Crippen molar-refractivity contribution < 1.29 is 4.79 Å². The average molecular weight is 436 g/mol. The maximum Gasteiger partial charge on any atom is 0.163 e. The molecule has 3 rings (SSSR count). The smallest absolute Gasteiger partial charge is 0.163 e. The SMILES string of the molecule is CCc1ccc(CCC(C(=O)C2=CN(C)C=CCC2)C(C)C)cc1-c1ccc(Cl)cc1. The second-order valence-corrected chi connectivity index (χ2v) is 9.29. The van der Waals surface area contributed by atoms with Gasteiger partial charge in [0.2, 0.25) is 0 Å². The zero-order valence-electron chi connectivity index (χ0n) is 19.2. The molecule has 31 heavy (non-hydrogen) atoms. The van der Waals surface area contributed by atoms with Gasteiger partial charge in [-0.1, -0.05) is 68.8 Å². The molecule has 1 unspecified atom stereocenters. The molecule has 0 amide bonds. The molecule has 0 bridgehead atoms. The molecular weight excluding hydrogens is 402 g/mol. The van der Waals surface area contributed by atoms with Crippen molar-refractivity contribution in [2.24, 2.45) is 11.8 Å². The molecular formula is C28H34ClNO. The van der Waals surface area contributed by atoms with Gasteiger partial charge < -0.3 is 4.90 Å². The summed E-state index contributed by atoms with van der Waals surface area (Å²) < 4.78 is 0. The molecule has 2 aromatic rings. The first-order chi connectivity index (χ1) is 14.9. The number of halogens is 1. The first-order valence-electron chi connectivity index (χ1n) is 11.4. The van der Waals surface area contributed by atoms with Gasteiger partial charge in [0.05, 0.1) is 0 Å². The van der Waals surface area contributed by atoms with Crippen molar-refractivity contribution in [1.29, 1.82) is 0 Å². The fourth-order valence-corrected chi connectivity index (χ4v) is 4.46. The number of allylic oxidation sites excluding steroid dienone is 2. The summed E-state index contributed by atoms with van der Waals surface area (Å²) in [6, 6.07) is 14.8. The Morgan fingerprint density at radius 2 is 1.87 bits per heavy atom. The number of carbonyl (C=O) groups excluding carboxylic acids is 1. The minimum Gasteiger partial charge on any atom is -0.357 e. The normalized spacial score (nSPS) is 15.0. The second kappa shape index (κ2) is 10.8. The lowest BCUT2D eigenvalue weighted by molar-refractivity contribution is -0.120. The maximum absolute atomic E-state index is 13.3. The summed E-state index contributed by atoms with van der Waals surface area (Å²) in [5.41, 5.74) is 6.03. The van der Waals surface area contributed by atoms with Gasteiger partial charge in [0, 0.05) is 29.8 Å². The number of hydrogen-bond donors (Lipinski definition) is 0. The molecule has 3 heteroatoms. The van der Waals surface area contributed by atoms with Crippen LogP contribution < -0.4 is 0 Å². The molecule has 0 aromatic heterocycles. The van der Waals surface area contributed by atoms with Gasteiger partial charge in [-0.3, -0.25) is 4.79 Å². The van der Waals surface area contributed by atoms with Crippen molar-refractivity contribution in [1.82, 2.24) is 4.90 Å². The largest absolute Gasteiger partial charge is 0.357 e. The Balaban J connectivity index is 1.78. The van der Waals surface area contributed by atoms with Crippen molar-refractivity contribution in [2.45, 2.75) is 52.9 Å². The van der Waals surface area contributed by atoms with Crippen LogP contribution in [0.3, 0.4) is 0 Å². The molecule has 0 radical (unpaired) electrons. The van der Waals surface area contributed by atoms with Crippen molar-refractivity contribution in [2.75, 3.05) is 7.05 Å². The van der Waals surface area contributed by atoms with Crippen molar-refractivity contribution >= 4 is 17.4 Å². The van der Waals surface area contributed by atoms with Crippen LogP contribution in [0.25, 0.3) is 11.1 Å². The van der Waals surface area contributed by atoms with Crippen LogP contribution in [-0.2, 0) is 17.6 Å². The Kier molecular flexibility index (Phi) is 8.15. The highest BCUT2D eigenvalue weighted by molar-refractivity contribution is 6.30. The quantitative estimate of drug-likeness (QED) is 0.428. The van der Waals surface area contributed by atoms with E-state index >= 15 is 0 Å². The van der Waals surface area contributed by atoms with E-state index in [1.54, 1.807) is 0 Å². The highest BCUT2D eigenvalue weighted by Crippen LogP contribution is 2.30. The highest BCUT2D eigenvalue weighted by atomic mass is 35.5. The summed E-state index contributed by atoms with van der Waals surface area (Å²) in [5, 5.41) is 0.755. The zero-order chi connectivity index (χ0) is 22.4. The van der Waals surface area contributed by atoms with E-state index in [-0.39, 0.29) is 5.92 Å². The summed E-state index contributed by atoms with van der Waals surface area (Å²) >= 11 is 6.09. The van der Waals surface area contributed by atoms with Gasteiger partial charge in [-0.25, -0.2) is 0 Å². The van der Waals surface area contributed by atoms with Crippen LogP contribution in [0.4, 0.5) is 0 Å². The topological polar surface area (TPSA) is 20.3 Å². The van der Waals surface area contributed by atoms with E-state index in [0.29, 0.717) is 11.7 Å². The number of nitrogens with zero attached hydrogens (tertiary/aromatic N) is 1. The average Bonchev–Trinajstić information content (AvgIpc) is 2.98. The second-order valence-electron chi connectivity index (χ2n) is 8.85. The first-order valence-corrected chi connectivity index (χ1v) is 11.8. The molecule has 164 valence electrons. The van der Waals surface area contributed by atoms with Gasteiger partial charge in [0.15, 0.2) is 5.78 Å². The third kappa shape index (κ3) is 6.11. The zero-order valence-corrected chi connectivity index (χ0v) is 20.0. The summed E-state index contributed by atoms with van der Waals surface area (Å²) in [6.45, 7) is 6.52. The minimum atomic E-state index is 0.0441. The number of rotatable bonds is 8. The van der Waals surface area contributed by atoms with Gasteiger partial charge in [-0.05, 0) is 78.6 Å². The number of hydrogen-bond acceptors (Lipinski definition) is 2. The van der Waals surface area contributed by atoms with Gasteiger partial charge in [-0.2, -0.15) is 0 Å². The van der Waals surface area contributed by atoms with Crippen LogP contribution in [0, 0.1) is 11.8 Å². The van der Waals surface area contributed by atoms with Crippen LogP contribution in [0.15, 0.2) is 66.5 Å². The van der Waals surface area contributed by atoms with Crippen LogP contribution in [-0.4, -0.2) is 17.7 Å². The van der Waals surface area contributed by atoms with E-state index in [2.05, 4.69) is 57.2 Å². The maximum atomic E-state index is 13.3. The molecule has 0 N–H and O–H groups in total. The van der Waals surface area contributed by atoms with Gasteiger partial charge in [-0.15, -0.1) is 0 Å². The van der Waals surface area contributed by atoms with Crippen LogP contribution in [0.5, 0.6) is 0 Å². The van der Waals surface area contributed by atoms with Crippen LogP contribution >= 0.6 is 11.6 Å². The lowest BCUT2D eigenvalue weighted by Crippen LogP contribution is -2.23. The standard InChI is InChI=1S/C28H34ClNO/c1-5-22-11-9-21(18-27(22)23-12-14-25(29)15-13-23)10-16-26(20(2)3)28(31)24-8-6-7-17-30(4)19-24/h7,9,11-15,17-20,26H,5-6,8,10,16H2,1-4H3. The predicted octanol–water partition coefficient (Wildman–Crippen LogP) is 7.47. The fourth-order valence-electron chi connectivity index (χ4n) is 4.33. The number of Topliss-reactive ketones (excluding diaryl/α,β-unsaturated/α-hetero) is 1. The molecule has 2 nitrogen and oxygen atoms in total. The molecule has 1 atom stereocenters. The Morgan fingerprint density at radius 1 is 1.13 bits per heavy atom. The molecule has 2 aromatic carbocycles. The monoisotopic (exact) mass is 435 g/mol. The molecule has 0 aliphatic carbocycles. The Labute approximate surface area is 192 Å². The lowest BCUT2D eigenvalue weighted by atomic mass is 9.82. The molecule has 1 aliphatic heterocycles. The van der Waals surface area contributed by atoms with E-state index in [9.17, 15) is 4.79 Å². The third-order valence-electron chi connectivity index (χ3n) is 6.19. The Bertz CT molecular complexity index is 955. The van der Waals surface area contributed by atoms with E-state index in [4.69, 9.17) is 11.6 Å².